The summed E-state index contributed by atoms with van der Waals surface area (Å²) in [6.45, 7) is 6.66. The van der Waals surface area contributed by atoms with Gasteiger partial charge in [-0.15, -0.1) is 11.8 Å². The summed E-state index contributed by atoms with van der Waals surface area (Å²) in [6.07, 6.45) is 0. The topological polar surface area (TPSA) is 49.4 Å². The fourth-order valence-corrected chi connectivity index (χ4v) is 3.46. The van der Waals surface area contributed by atoms with E-state index in [1.165, 1.54) is 11.8 Å². The van der Waals surface area contributed by atoms with Crippen LogP contribution >= 0.6 is 11.8 Å². The Kier molecular flexibility index (Phi) is 7.73. The molecule has 2 aromatic rings. The molecule has 26 heavy (non-hydrogen) atoms. The molecule has 0 saturated carbocycles. The highest BCUT2D eigenvalue weighted by molar-refractivity contribution is 8.00. The molecule has 0 bridgehead atoms. The number of amides is 2. The molecule has 0 aliphatic heterocycles. The van der Waals surface area contributed by atoms with E-state index in [2.05, 4.69) is 11.4 Å². The lowest BCUT2D eigenvalue weighted by atomic mass is 10.1. The van der Waals surface area contributed by atoms with Gasteiger partial charge in [-0.25, -0.2) is 0 Å². The zero-order valence-electron chi connectivity index (χ0n) is 15.6. The summed E-state index contributed by atoms with van der Waals surface area (Å²) in [5, 5.41) is 2.81. The standard InChI is InChI=1S/C21H26N2O2S/c1-4-22-21(25)17(3)23(14-18-10-8-9-16(2)13-18)20(24)15-26-19-11-6-5-7-12-19/h5-13,17H,4,14-15H2,1-3H3,(H,22,25)/t17-/m0/s1. The highest BCUT2D eigenvalue weighted by Gasteiger charge is 2.25. The smallest absolute Gasteiger partial charge is 0.242 e. The fourth-order valence-electron chi connectivity index (χ4n) is 2.66. The predicted octanol–water partition coefficient (Wildman–Crippen LogP) is 3.64. The summed E-state index contributed by atoms with van der Waals surface area (Å²) in [5.74, 6) is 0.136. The number of nitrogens with zero attached hydrogens (tertiary/aromatic N) is 1. The molecule has 0 radical (unpaired) electrons. The third-order valence-corrected chi connectivity index (χ3v) is 5.06. The first-order chi connectivity index (χ1) is 12.5. The van der Waals surface area contributed by atoms with E-state index in [0.29, 0.717) is 18.8 Å². The minimum atomic E-state index is -0.515. The van der Waals surface area contributed by atoms with E-state index >= 15 is 0 Å². The van der Waals surface area contributed by atoms with Crippen molar-refractivity contribution < 1.29 is 9.59 Å². The van der Waals surface area contributed by atoms with Crippen molar-refractivity contribution in [3.05, 3.63) is 65.7 Å². The SMILES string of the molecule is CCNC(=O)[C@H](C)N(Cc1cccc(C)c1)C(=O)CSc1ccccc1. The second-order valence-electron chi connectivity index (χ2n) is 6.18. The molecule has 2 rings (SSSR count). The van der Waals surface area contributed by atoms with E-state index in [1.54, 1.807) is 11.8 Å². The van der Waals surface area contributed by atoms with Gasteiger partial charge in [0, 0.05) is 18.0 Å². The zero-order valence-corrected chi connectivity index (χ0v) is 16.4. The van der Waals surface area contributed by atoms with Gasteiger partial charge < -0.3 is 10.2 Å². The molecule has 2 aromatic carbocycles. The van der Waals surface area contributed by atoms with Crippen LogP contribution in [0, 0.1) is 6.92 Å². The van der Waals surface area contributed by atoms with Crippen LogP contribution in [0.15, 0.2) is 59.5 Å². The van der Waals surface area contributed by atoms with Crippen molar-refractivity contribution in [2.45, 2.75) is 38.3 Å². The molecule has 4 nitrogen and oxygen atoms in total. The van der Waals surface area contributed by atoms with Gasteiger partial charge in [0.25, 0.3) is 0 Å². The van der Waals surface area contributed by atoms with Crippen molar-refractivity contribution in [3.63, 3.8) is 0 Å². The number of carbonyl (C=O) groups is 2. The van der Waals surface area contributed by atoms with Crippen molar-refractivity contribution in [1.29, 1.82) is 0 Å². The van der Waals surface area contributed by atoms with Crippen molar-refractivity contribution in [2.24, 2.45) is 0 Å². The molecule has 138 valence electrons. The average Bonchev–Trinajstić information content (AvgIpc) is 2.64. The number of thioether (sulfide) groups is 1. The maximum Gasteiger partial charge on any atom is 0.242 e. The van der Waals surface area contributed by atoms with Crippen LogP contribution in [-0.2, 0) is 16.1 Å². The molecule has 1 N–H and O–H groups in total. The van der Waals surface area contributed by atoms with Gasteiger partial charge in [-0.2, -0.15) is 0 Å². The number of aryl methyl sites for hydroxylation is 1. The lowest BCUT2D eigenvalue weighted by molar-refractivity contribution is -0.138. The quantitative estimate of drug-likeness (QED) is 0.722. The van der Waals surface area contributed by atoms with Crippen LogP contribution in [0.1, 0.15) is 25.0 Å². The summed E-state index contributed by atoms with van der Waals surface area (Å²) in [5.41, 5.74) is 2.17. The first kappa shape index (κ1) is 20.0. The van der Waals surface area contributed by atoms with Crippen molar-refractivity contribution in [3.8, 4) is 0 Å². The molecule has 5 heteroatoms. The summed E-state index contributed by atoms with van der Waals surface area (Å²) in [7, 11) is 0. The molecule has 1 atom stereocenters. The minimum Gasteiger partial charge on any atom is -0.355 e. The Morgan fingerprint density at radius 3 is 2.50 bits per heavy atom. The van der Waals surface area contributed by atoms with Gasteiger partial charge in [-0.1, -0.05) is 48.0 Å². The lowest BCUT2D eigenvalue weighted by Crippen LogP contribution is -2.48. The van der Waals surface area contributed by atoms with E-state index in [1.807, 2.05) is 62.4 Å². The molecule has 0 heterocycles. The highest BCUT2D eigenvalue weighted by atomic mass is 32.2. The van der Waals surface area contributed by atoms with Gasteiger partial charge in [0.1, 0.15) is 6.04 Å². The van der Waals surface area contributed by atoms with Gasteiger partial charge in [0.15, 0.2) is 0 Å². The van der Waals surface area contributed by atoms with Gasteiger partial charge in [-0.3, -0.25) is 9.59 Å². The molecule has 0 aromatic heterocycles. The van der Waals surface area contributed by atoms with Crippen molar-refractivity contribution in [2.75, 3.05) is 12.3 Å². The largest absolute Gasteiger partial charge is 0.355 e. The van der Waals surface area contributed by atoms with E-state index in [-0.39, 0.29) is 11.8 Å². The first-order valence-electron chi connectivity index (χ1n) is 8.81. The Hall–Kier alpha value is -2.27. The maximum absolute atomic E-state index is 12.9. The van der Waals surface area contributed by atoms with Crippen LogP contribution in [0.5, 0.6) is 0 Å². The Balaban J connectivity index is 2.12. The molecule has 0 spiro atoms. The third-order valence-electron chi connectivity index (χ3n) is 4.06. The highest BCUT2D eigenvalue weighted by Crippen LogP contribution is 2.19. The fraction of sp³-hybridized carbons (Fsp3) is 0.333. The number of hydrogen-bond acceptors (Lipinski definition) is 3. The monoisotopic (exact) mass is 370 g/mol. The van der Waals surface area contributed by atoms with Gasteiger partial charge in [0.2, 0.25) is 11.8 Å². The minimum absolute atomic E-state index is 0.0425. The Morgan fingerprint density at radius 1 is 1.12 bits per heavy atom. The van der Waals surface area contributed by atoms with E-state index in [9.17, 15) is 9.59 Å². The third kappa shape index (κ3) is 5.92. The van der Waals surface area contributed by atoms with Gasteiger partial charge in [0.05, 0.1) is 5.75 Å². The molecule has 0 fully saturated rings. The normalized spacial score (nSPS) is 11.7. The van der Waals surface area contributed by atoms with Crippen LogP contribution in [-0.4, -0.2) is 35.1 Å². The second-order valence-corrected chi connectivity index (χ2v) is 7.23. The molecular formula is C21H26N2O2S. The molecule has 0 aliphatic rings. The predicted molar refractivity (Wildman–Crippen MR) is 107 cm³/mol. The summed E-state index contributed by atoms with van der Waals surface area (Å²) in [4.78, 5) is 27.9. The molecule has 2 amide bonds. The van der Waals surface area contributed by atoms with Crippen LogP contribution in [0.25, 0.3) is 0 Å². The Labute approximate surface area is 160 Å². The Bertz CT molecular complexity index is 734. The summed E-state index contributed by atoms with van der Waals surface area (Å²) >= 11 is 1.49. The van der Waals surface area contributed by atoms with Gasteiger partial charge in [-0.05, 0) is 38.5 Å². The lowest BCUT2D eigenvalue weighted by Gasteiger charge is -2.28. The number of benzene rings is 2. The van der Waals surface area contributed by atoms with Gasteiger partial charge >= 0.3 is 0 Å². The summed E-state index contributed by atoms with van der Waals surface area (Å²) in [6, 6.07) is 17.3. The number of rotatable bonds is 8. The molecule has 0 unspecified atom stereocenters. The van der Waals surface area contributed by atoms with Crippen LogP contribution < -0.4 is 5.32 Å². The van der Waals surface area contributed by atoms with Crippen molar-refractivity contribution in [1.82, 2.24) is 10.2 Å². The first-order valence-corrected chi connectivity index (χ1v) is 9.80. The maximum atomic E-state index is 12.9. The number of nitrogens with one attached hydrogen (secondary N) is 1. The Morgan fingerprint density at radius 2 is 1.85 bits per heavy atom. The van der Waals surface area contributed by atoms with Crippen LogP contribution in [0.2, 0.25) is 0 Å². The molecule has 0 aliphatic carbocycles. The summed E-state index contributed by atoms with van der Waals surface area (Å²) < 4.78 is 0. The van der Waals surface area contributed by atoms with E-state index in [0.717, 1.165) is 16.0 Å². The molecular weight excluding hydrogens is 344 g/mol. The number of carbonyl (C=O) groups excluding carboxylic acids is 2. The molecule has 0 saturated heterocycles. The van der Waals surface area contributed by atoms with E-state index < -0.39 is 6.04 Å². The van der Waals surface area contributed by atoms with Crippen LogP contribution in [0.4, 0.5) is 0 Å². The second kappa shape index (κ2) is 10.0. The van der Waals surface area contributed by atoms with E-state index in [4.69, 9.17) is 0 Å². The van der Waals surface area contributed by atoms with Crippen molar-refractivity contribution >= 4 is 23.6 Å². The average molecular weight is 371 g/mol. The number of hydrogen-bond donors (Lipinski definition) is 1. The van der Waals surface area contributed by atoms with Crippen LogP contribution in [0.3, 0.4) is 0 Å². The zero-order chi connectivity index (χ0) is 18.9. The number of likely N-dealkylation sites (N-methyl/N-ethyl adjacent to an activating group) is 1.